The third-order valence-electron chi connectivity index (χ3n) is 6.07. The van der Waals surface area contributed by atoms with E-state index in [1.807, 2.05) is 0 Å². The van der Waals surface area contributed by atoms with Crippen molar-refractivity contribution in [2.24, 2.45) is 17.8 Å². The van der Waals surface area contributed by atoms with Crippen LogP contribution in [0.2, 0.25) is 0 Å². The van der Waals surface area contributed by atoms with E-state index in [9.17, 15) is 29.7 Å². The Balaban J connectivity index is 1.86. The standard InChI is InChI=1S/C21H20O6/c1-8-3-4-10-5-11-6-12-7-13(23)14(9(2)22)19(25)17(12)21(27)16(11)20(26)15(10)18(8)24/h3-4,11-12,17,23-24,27H,5-7H2,1-2H3. The van der Waals surface area contributed by atoms with Crippen LogP contribution in [-0.4, -0.2) is 32.7 Å². The molecule has 0 bridgehead atoms. The number of hydrogen-bond donors (Lipinski definition) is 3. The molecule has 0 spiro atoms. The summed E-state index contributed by atoms with van der Waals surface area (Å²) < 4.78 is 0. The third kappa shape index (κ3) is 2.36. The highest BCUT2D eigenvalue weighted by Gasteiger charge is 2.49. The maximum absolute atomic E-state index is 13.1. The monoisotopic (exact) mass is 368 g/mol. The summed E-state index contributed by atoms with van der Waals surface area (Å²) in [6.07, 6.45) is 1.04. The molecule has 0 aliphatic heterocycles. The van der Waals surface area contributed by atoms with E-state index in [2.05, 4.69) is 0 Å². The van der Waals surface area contributed by atoms with Gasteiger partial charge in [0.25, 0.3) is 0 Å². The van der Waals surface area contributed by atoms with Crippen molar-refractivity contribution in [3.63, 3.8) is 0 Å². The van der Waals surface area contributed by atoms with Crippen molar-refractivity contribution in [3.05, 3.63) is 51.5 Å². The van der Waals surface area contributed by atoms with Gasteiger partial charge in [-0.1, -0.05) is 12.1 Å². The molecule has 140 valence electrons. The van der Waals surface area contributed by atoms with E-state index in [-0.39, 0.29) is 52.2 Å². The number of carbonyl (C=O) groups excluding carboxylic acids is 3. The second-order valence-electron chi connectivity index (χ2n) is 7.71. The van der Waals surface area contributed by atoms with E-state index in [1.54, 1.807) is 19.1 Å². The molecule has 0 radical (unpaired) electrons. The van der Waals surface area contributed by atoms with Gasteiger partial charge in [0.05, 0.1) is 17.1 Å². The molecule has 0 saturated heterocycles. The molecule has 0 heterocycles. The molecule has 3 atom stereocenters. The molecular weight excluding hydrogens is 348 g/mol. The van der Waals surface area contributed by atoms with E-state index in [4.69, 9.17) is 0 Å². The predicted octanol–water partition coefficient (Wildman–Crippen LogP) is 2.88. The normalized spacial score (nSPS) is 27.3. The first-order chi connectivity index (χ1) is 12.7. The molecule has 0 saturated carbocycles. The molecule has 3 N–H and O–H groups in total. The highest BCUT2D eigenvalue weighted by Crippen LogP contribution is 2.49. The lowest BCUT2D eigenvalue weighted by Gasteiger charge is -2.40. The van der Waals surface area contributed by atoms with Crippen LogP contribution in [0.5, 0.6) is 5.75 Å². The first kappa shape index (κ1) is 17.5. The van der Waals surface area contributed by atoms with Crippen molar-refractivity contribution in [1.82, 2.24) is 0 Å². The van der Waals surface area contributed by atoms with Crippen LogP contribution in [0, 0.1) is 24.7 Å². The molecule has 0 amide bonds. The van der Waals surface area contributed by atoms with Gasteiger partial charge in [0, 0.05) is 12.0 Å². The van der Waals surface area contributed by atoms with E-state index in [0.29, 0.717) is 18.4 Å². The second-order valence-corrected chi connectivity index (χ2v) is 7.71. The summed E-state index contributed by atoms with van der Waals surface area (Å²) in [6.45, 7) is 2.89. The lowest BCUT2D eigenvalue weighted by Crippen LogP contribution is -2.42. The number of benzene rings is 1. The number of aliphatic hydroxyl groups is 2. The fraction of sp³-hybridized carbons (Fsp3) is 0.381. The average Bonchev–Trinajstić information content (AvgIpc) is 2.57. The van der Waals surface area contributed by atoms with Crippen molar-refractivity contribution in [3.8, 4) is 5.75 Å². The predicted molar refractivity (Wildman–Crippen MR) is 95.6 cm³/mol. The highest BCUT2D eigenvalue weighted by atomic mass is 16.3. The van der Waals surface area contributed by atoms with Crippen molar-refractivity contribution >= 4 is 17.3 Å². The molecule has 1 aromatic carbocycles. The zero-order chi connectivity index (χ0) is 19.6. The maximum atomic E-state index is 13.1. The van der Waals surface area contributed by atoms with Crippen LogP contribution < -0.4 is 0 Å². The lowest BCUT2D eigenvalue weighted by atomic mass is 9.62. The van der Waals surface area contributed by atoms with Crippen LogP contribution >= 0.6 is 0 Å². The number of ketones is 3. The zero-order valence-electron chi connectivity index (χ0n) is 15.1. The second kappa shape index (κ2) is 5.81. The Hall–Kier alpha value is -2.89. The average molecular weight is 368 g/mol. The van der Waals surface area contributed by atoms with Gasteiger partial charge in [0.1, 0.15) is 17.3 Å². The summed E-state index contributed by atoms with van der Waals surface area (Å²) in [6, 6.07) is 3.55. The number of phenolic OH excluding ortho intramolecular Hbond substituents is 1. The third-order valence-corrected chi connectivity index (χ3v) is 6.07. The molecule has 6 nitrogen and oxygen atoms in total. The SMILES string of the molecule is CC(=O)C1=C(O)CC2CC3Cc4ccc(C)c(O)c4C(=O)C3=C(O)C2C1=O. The van der Waals surface area contributed by atoms with Gasteiger partial charge in [0.15, 0.2) is 17.3 Å². The van der Waals surface area contributed by atoms with Crippen molar-refractivity contribution in [2.45, 2.75) is 33.1 Å². The molecule has 6 heteroatoms. The van der Waals surface area contributed by atoms with Gasteiger partial charge in [0.2, 0.25) is 0 Å². The molecule has 3 aliphatic rings. The van der Waals surface area contributed by atoms with E-state index in [0.717, 1.165) is 5.56 Å². The topological polar surface area (TPSA) is 112 Å². The molecule has 3 aliphatic carbocycles. The Morgan fingerprint density at radius 1 is 1.11 bits per heavy atom. The molecule has 0 fully saturated rings. The van der Waals surface area contributed by atoms with Crippen LogP contribution in [0.1, 0.15) is 41.3 Å². The number of carbonyl (C=O) groups is 3. The Labute approximate surface area is 155 Å². The van der Waals surface area contributed by atoms with Crippen LogP contribution in [0.25, 0.3) is 0 Å². The van der Waals surface area contributed by atoms with E-state index < -0.39 is 23.3 Å². The maximum Gasteiger partial charge on any atom is 0.196 e. The molecule has 1 aromatic rings. The summed E-state index contributed by atoms with van der Waals surface area (Å²) in [5.74, 6) is -3.94. The zero-order valence-corrected chi connectivity index (χ0v) is 15.1. The fourth-order valence-electron chi connectivity index (χ4n) is 4.83. The summed E-state index contributed by atoms with van der Waals surface area (Å²) in [5, 5.41) is 31.3. The number of aliphatic hydroxyl groups excluding tert-OH is 2. The smallest absolute Gasteiger partial charge is 0.196 e. The number of rotatable bonds is 1. The van der Waals surface area contributed by atoms with Crippen molar-refractivity contribution in [1.29, 1.82) is 0 Å². The van der Waals surface area contributed by atoms with Crippen LogP contribution in [0.15, 0.2) is 34.8 Å². The van der Waals surface area contributed by atoms with E-state index >= 15 is 0 Å². The summed E-state index contributed by atoms with van der Waals surface area (Å²) in [7, 11) is 0. The minimum absolute atomic E-state index is 0.102. The first-order valence-electron chi connectivity index (χ1n) is 8.98. The lowest BCUT2D eigenvalue weighted by molar-refractivity contribution is -0.125. The largest absolute Gasteiger partial charge is 0.511 e. The number of allylic oxidation sites excluding steroid dienone is 4. The highest BCUT2D eigenvalue weighted by molar-refractivity contribution is 6.22. The molecule has 3 unspecified atom stereocenters. The first-order valence-corrected chi connectivity index (χ1v) is 8.98. The minimum atomic E-state index is -0.997. The van der Waals surface area contributed by atoms with E-state index in [1.165, 1.54) is 6.92 Å². The number of fused-ring (bicyclic) bond motifs is 3. The quantitative estimate of drug-likeness (QED) is 0.657. The Bertz CT molecular complexity index is 981. The van der Waals surface area contributed by atoms with Gasteiger partial charge in [-0.15, -0.1) is 0 Å². The number of phenols is 1. The Kier molecular flexibility index (Phi) is 3.77. The molecule has 4 rings (SSSR count). The number of Topliss-reactive ketones (excluding diaryl/α,β-unsaturated/α-hetero) is 3. The fourth-order valence-corrected chi connectivity index (χ4v) is 4.83. The van der Waals surface area contributed by atoms with Gasteiger partial charge >= 0.3 is 0 Å². The van der Waals surface area contributed by atoms with Gasteiger partial charge in [-0.3, -0.25) is 14.4 Å². The van der Waals surface area contributed by atoms with Crippen molar-refractivity contribution < 1.29 is 29.7 Å². The molecule has 27 heavy (non-hydrogen) atoms. The van der Waals surface area contributed by atoms with Crippen molar-refractivity contribution in [2.75, 3.05) is 0 Å². The van der Waals surface area contributed by atoms with Crippen LogP contribution in [-0.2, 0) is 16.0 Å². The van der Waals surface area contributed by atoms with Crippen LogP contribution in [0.3, 0.4) is 0 Å². The number of aryl methyl sites for hydroxylation is 1. The van der Waals surface area contributed by atoms with Gasteiger partial charge in [-0.05, 0) is 49.7 Å². The summed E-state index contributed by atoms with van der Waals surface area (Å²) in [5.41, 5.74) is 1.33. The Morgan fingerprint density at radius 3 is 2.48 bits per heavy atom. The summed E-state index contributed by atoms with van der Waals surface area (Å²) >= 11 is 0. The number of aromatic hydroxyl groups is 1. The Morgan fingerprint density at radius 2 is 1.81 bits per heavy atom. The number of hydrogen-bond acceptors (Lipinski definition) is 6. The van der Waals surface area contributed by atoms with Gasteiger partial charge < -0.3 is 15.3 Å². The molecular formula is C21H20O6. The van der Waals surface area contributed by atoms with Crippen LogP contribution in [0.4, 0.5) is 0 Å². The van der Waals surface area contributed by atoms with Gasteiger partial charge in [-0.2, -0.15) is 0 Å². The minimum Gasteiger partial charge on any atom is -0.511 e. The summed E-state index contributed by atoms with van der Waals surface area (Å²) in [4.78, 5) is 37.6. The molecule has 0 aromatic heterocycles. The van der Waals surface area contributed by atoms with Gasteiger partial charge in [-0.25, -0.2) is 0 Å².